The summed E-state index contributed by atoms with van der Waals surface area (Å²) in [5.74, 6) is 0.446. The summed E-state index contributed by atoms with van der Waals surface area (Å²) in [6, 6.07) is 7.64. The molecule has 0 unspecified atom stereocenters. The number of hydrogen-bond acceptors (Lipinski definition) is 3. The maximum atomic E-state index is 11.8. The van der Waals surface area contributed by atoms with Crippen LogP contribution >= 0.6 is 11.3 Å². The SMILES string of the molecule is CC(C)Cn1c(-c2cccc(N)c2)csc1=O. The number of nitrogen functional groups attached to an aromatic ring is 1. The van der Waals surface area contributed by atoms with Crippen molar-refractivity contribution >= 4 is 17.0 Å². The second-order valence-corrected chi connectivity index (χ2v) is 5.34. The molecule has 0 amide bonds. The van der Waals surface area contributed by atoms with Gasteiger partial charge in [-0.2, -0.15) is 0 Å². The zero-order chi connectivity index (χ0) is 12.4. The van der Waals surface area contributed by atoms with Crippen LogP contribution in [0.2, 0.25) is 0 Å². The van der Waals surface area contributed by atoms with Crippen molar-refractivity contribution < 1.29 is 0 Å². The lowest BCUT2D eigenvalue weighted by Gasteiger charge is -2.10. The molecule has 1 aromatic carbocycles. The van der Waals surface area contributed by atoms with Gasteiger partial charge in [-0.25, -0.2) is 0 Å². The van der Waals surface area contributed by atoms with E-state index in [9.17, 15) is 4.79 Å². The number of thiazole rings is 1. The highest BCUT2D eigenvalue weighted by atomic mass is 32.1. The summed E-state index contributed by atoms with van der Waals surface area (Å²) in [6.45, 7) is 4.95. The summed E-state index contributed by atoms with van der Waals surface area (Å²) in [4.78, 5) is 11.9. The maximum absolute atomic E-state index is 11.8. The van der Waals surface area contributed by atoms with Crippen LogP contribution in [-0.2, 0) is 6.54 Å². The predicted molar refractivity (Wildman–Crippen MR) is 73.3 cm³/mol. The van der Waals surface area contributed by atoms with E-state index >= 15 is 0 Å². The highest BCUT2D eigenvalue weighted by molar-refractivity contribution is 7.07. The number of benzene rings is 1. The van der Waals surface area contributed by atoms with Crippen molar-refractivity contribution in [1.82, 2.24) is 4.57 Å². The molecule has 0 fully saturated rings. The minimum Gasteiger partial charge on any atom is -0.399 e. The Morgan fingerprint density at radius 2 is 2.18 bits per heavy atom. The third-order valence-corrected chi connectivity index (χ3v) is 3.28. The Bertz CT molecular complexity index is 569. The van der Waals surface area contributed by atoms with Crippen LogP contribution in [0, 0.1) is 5.92 Å². The Morgan fingerprint density at radius 3 is 2.82 bits per heavy atom. The van der Waals surface area contributed by atoms with Crippen LogP contribution in [0.1, 0.15) is 13.8 Å². The minimum absolute atomic E-state index is 0.0936. The molecule has 1 heterocycles. The van der Waals surface area contributed by atoms with Gasteiger partial charge in [0.1, 0.15) is 0 Å². The van der Waals surface area contributed by atoms with Gasteiger partial charge in [0.25, 0.3) is 0 Å². The molecule has 90 valence electrons. The van der Waals surface area contributed by atoms with E-state index in [0.29, 0.717) is 5.92 Å². The van der Waals surface area contributed by atoms with Gasteiger partial charge >= 0.3 is 4.87 Å². The largest absolute Gasteiger partial charge is 0.399 e. The fourth-order valence-corrected chi connectivity index (χ4v) is 2.57. The minimum atomic E-state index is 0.0936. The van der Waals surface area contributed by atoms with Gasteiger partial charge in [0, 0.05) is 23.2 Å². The van der Waals surface area contributed by atoms with Gasteiger partial charge in [-0.15, -0.1) is 0 Å². The first-order valence-corrected chi connectivity index (χ1v) is 6.50. The van der Waals surface area contributed by atoms with Crippen molar-refractivity contribution in [3.8, 4) is 11.3 Å². The first-order valence-electron chi connectivity index (χ1n) is 5.62. The highest BCUT2D eigenvalue weighted by Gasteiger charge is 2.10. The number of anilines is 1. The van der Waals surface area contributed by atoms with Crippen molar-refractivity contribution in [2.45, 2.75) is 20.4 Å². The van der Waals surface area contributed by atoms with E-state index in [2.05, 4.69) is 13.8 Å². The molecule has 0 bridgehead atoms. The predicted octanol–water partition coefficient (Wildman–Crippen LogP) is 2.82. The molecule has 0 aliphatic heterocycles. The number of rotatable bonds is 3. The molecule has 0 spiro atoms. The van der Waals surface area contributed by atoms with Crippen LogP contribution in [0.4, 0.5) is 5.69 Å². The Morgan fingerprint density at radius 1 is 1.41 bits per heavy atom. The second-order valence-electron chi connectivity index (χ2n) is 4.52. The van der Waals surface area contributed by atoms with Crippen molar-refractivity contribution in [1.29, 1.82) is 0 Å². The van der Waals surface area contributed by atoms with E-state index in [1.165, 1.54) is 11.3 Å². The zero-order valence-corrected chi connectivity index (χ0v) is 10.8. The van der Waals surface area contributed by atoms with Crippen molar-refractivity contribution in [2.75, 3.05) is 5.73 Å². The number of nitrogens with zero attached hydrogens (tertiary/aromatic N) is 1. The average molecular weight is 248 g/mol. The number of nitrogens with two attached hydrogens (primary N) is 1. The van der Waals surface area contributed by atoms with Crippen molar-refractivity contribution in [2.24, 2.45) is 5.92 Å². The molecule has 2 N–H and O–H groups in total. The van der Waals surface area contributed by atoms with Gasteiger partial charge in [-0.05, 0) is 18.1 Å². The van der Waals surface area contributed by atoms with Crippen molar-refractivity contribution in [3.05, 3.63) is 39.3 Å². The third kappa shape index (κ3) is 2.58. The summed E-state index contributed by atoms with van der Waals surface area (Å²) in [6.07, 6.45) is 0. The van der Waals surface area contributed by atoms with Gasteiger partial charge in [0.05, 0.1) is 5.69 Å². The fraction of sp³-hybridized carbons (Fsp3) is 0.308. The monoisotopic (exact) mass is 248 g/mol. The van der Waals surface area contributed by atoms with Crippen LogP contribution in [0.5, 0.6) is 0 Å². The smallest absolute Gasteiger partial charge is 0.307 e. The summed E-state index contributed by atoms with van der Waals surface area (Å²) >= 11 is 1.24. The van der Waals surface area contributed by atoms with E-state index in [1.807, 2.05) is 34.2 Å². The standard InChI is InChI=1S/C13H16N2OS/c1-9(2)7-15-12(8-17-13(15)16)10-4-3-5-11(14)6-10/h3-6,8-9H,7,14H2,1-2H3. The zero-order valence-electron chi connectivity index (χ0n) is 10.0. The van der Waals surface area contributed by atoms with Gasteiger partial charge in [-0.1, -0.05) is 37.3 Å². The lowest BCUT2D eigenvalue weighted by atomic mass is 10.1. The summed E-state index contributed by atoms with van der Waals surface area (Å²) < 4.78 is 1.82. The third-order valence-electron chi connectivity index (χ3n) is 2.51. The van der Waals surface area contributed by atoms with E-state index in [-0.39, 0.29) is 4.87 Å². The van der Waals surface area contributed by atoms with E-state index in [4.69, 9.17) is 5.73 Å². The van der Waals surface area contributed by atoms with Gasteiger partial charge in [-0.3, -0.25) is 9.36 Å². The molecule has 0 aliphatic rings. The van der Waals surface area contributed by atoms with Crippen LogP contribution in [-0.4, -0.2) is 4.57 Å². The molecular formula is C13H16N2OS. The van der Waals surface area contributed by atoms with E-state index in [1.54, 1.807) is 0 Å². The first-order chi connectivity index (χ1) is 8.08. The first kappa shape index (κ1) is 11.9. The summed E-state index contributed by atoms with van der Waals surface area (Å²) in [5, 5.41) is 1.90. The number of aromatic nitrogens is 1. The Labute approximate surface area is 105 Å². The molecule has 3 nitrogen and oxygen atoms in total. The molecule has 0 saturated heterocycles. The molecule has 2 aromatic rings. The van der Waals surface area contributed by atoms with Gasteiger partial charge in [0.2, 0.25) is 0 Å². The van der Waals surface area contributed by atoms with Gasteiger partial charge in [0.15, 0.2) is 0 Å². The van der Waals surface area contributed by atoms with Crippen LogP contribution in [0.3, 0.4) is 0 Å². The molecule has 0 saturated carbocycles. The molecule has 2 rings (SSSR count). The summed E-state index contributed by atoms with van der Waals surface area (Å²) in [7, 11) is 0. The lowest BCUT2D eigenvalue weighted by Crippen LogP contribution is -2.17. The maximum Gasteiger partial charge on any atom is 0.307 e. The van der Waals surface area contributed by atoms with E-state index < -0.39 is 0 Å². The fourth-order valence-electron chi connectivity index (χ4n) is 1.79. The quantitative estimate of drug-likeness (QED) is 0.849. The topological polar surface area (TPSA) is 48.0 Å². The molecule has 17 heavy (non-hydrogen) atoms. The molecule has 0 atom stereocenters. The lowest BCUT2D eigenvalue weighted by molar-refractivity contribution is 0.521. The van der Waals surface area contributed by atoms with Crippen LogP contribution < -0.4 is 10.6 Å². The second kappa shape index (κ2) is 4.75. The normalized spacial score (nSPS) is 11.0. The van der Waals surface area contributed by atoms with Crippen molar-refractivity contribution in [3.63, 3.8) is 0 Å². The molecule has 0 radical (unpaired) electrons. The average Bonchev–Trinajstić information content (AvgIpc) is 2.60. The highest BCUT2D eigenvalue weighted by Crippen LogP contribution is 2.22. The number of hydrogen-bond donors (Lipinski definition) is 1. The Balaban J connectivity index is 2.49. The molecule has 0 aliphatic carbocycles. The molecule has 4 heteroatoms. The Kier molecular flexibility index (Phi) is 3.33. The van der Waals surface area contributed by atoms with Crippen LogP contribution in [0.25, 0.3) is 11.3 Å². The van der Waals surface area contributed by atoms with E-state index in [0.717, 1.165) is 23.5 Å². The van der Waals surface area contributed by atoms with Gasteiger partial charge < -0.3 is 5.73 Å². The molecular weight excluding hydrogens is 232 g/mol. The Hall–Kier alpha value is -1.55. The summed E-state index contributed by atoms with van der Waals surface area (Å²) in [5.41, 5.74) is 8.45. The van der Waals surface area contributed by atoms with Crippen LogP contribution in [0.15, 0.2) is 34.4 Å². The molecule has 1 aromatic heterocycles.